The van der Waals surface area contributed by atoms with Crippen molar-refractivity contribution in [2.45, 2.75) is 19.1 Å². The van der Waals surface area contributed by atoms with Crippen molar-refractivity contribution in [2.24, 2.45) is 0 Å². The molecule has 0 radical (unpaired) electrons. The molecule has 6 nitrogen and oxygen atoms in total. The number of thiophene rings is 1. The van der Waals surface area contributed by atoms with E-state index >= 15 is 0 Å². The highest BCUT2D eigenvalue weighted by Gasteiger charge is 2.42. The van der Waals surface area contributed by atoms with Crippen LogP contribution in [0.4, 0.5) is 0 Å². The topological polar surface area (TPSA) is 56.8 Å². The first-order valence-corrected chi connectivity index (χ1v) is 12.1. The number of aromatic nitrogens is 1. The predicted molar refractivity (Wildman–Crippen MR) is 130 cm³/mol. The molecule has 1 atom stereocenters. The normalized spacial score (nSPS) is 19.5. The number of carbonyl (C=O) groups excluding carboxylic acids is 2. The molecule has 166 valence electrons. The number of pyridine rings is 1. The van der Waals surface area contributed by atoms with E-state index in [4.69, 9.17) is 0 Å². The lowest BCUT2D eigenvalue weighted by Crippen LogP contribution is -2.66. The molecular formula is C26H24N4O2S. The van der Waals surface area contributed by atoms with Crippen LogP contribution in [0, 0.1) is 0 Å². The zero-order valence-electron chi connectivity index (χ0n) is 18.2. The number of carbonyl (C=O) groups is 2. The van der Waals surface area contributed by atoms with Crippen LogP contribution in [0.1, 0.15) is 10.4 Å². The van der Waals surface area contributed by atoms with Gasteiger partial charge in [-0.1, -0.05) is 36.4 Å². The van der Waals surface area contributed by atoms with Crippen LogP contribution in [0.2, 0.25) is 0 Å². The van der Waals surface area contributed by atoms with Crippen LogP contribution in [0.25, 0.3) is 21.0 Å². The molecular weight excluding hydrogens is 432 g/mol. The monoisotopic (exact) mass is 456 g/mol. The van der Waals surface area contributed by atoms with Crippen LogP contribution < -0.4 is 0 Å². The van der Waals surface area contributed by atoms with Gasteiger partial charge in [0, 0.05) is 47.3 Å². The highest BCUT2D eigenvalue weighted by Crippen LogP contribution is 2.28. The molecule has 0 bridgehead atoms. The molecule has 4 heterocycles. The standard InChI is InChI=1S/C26H24N4O2S/c31-25-17-29(15-20-13-18-5-1-4-8-24(18)33-20)26(32)23-16-28(11-12-30(23)25)14-19-9-10-27-22-7-3-2-6-21(19)22/h1-10,13,23H,11-12,14-17H2. The van der Waals surface area contributed by atoms with Crippen LogP contribution in [0.5, 0.6) is 0 Å². The summed E-state index contributed by atoms with van der Waals surface area (Å²) in [5, 5.41) is 2.32. The maximum atomic E-state index is 13.4. The van der Waals surface area contributed by atoms with Gasteiger partial charge in [0.15, 0.2) is 0 Å². The third kappa shape index (κ3) is 3.77. The Kier molecular flexibility index (Phi) is 5.08. The number of rotatable bonds is 4. The van der Waals surface area contributed by atoms with E-state index < -0.39 is 6.04 Å². The van der Waals surface area contributed by atoms with E-state index in [-0.39, 0.29) is 18.4 Å². The fourth-order valence-corrected chi connectivity index (χ4v) is 6.09. The summed E-state index contributed by atoms with van der Waals surface area (Å²) in [6.45, 7) is 3.31. The number of para-hydroxylation sites is 1. The number of hydrogen-bond acceptors (Lipinski definition) is 5. The Bertz CT molecular complexity index is 1330. The summed E-state index contributed by atoms with van der Waals surface area (Å²) in [5.41, 5.74) is 2.18. The molecule has 2 aromatic heterocycles. The van der Waals surface area contributed by atoms with Crippen LogP contribution in [-0.2, 0) is 22.7 Å². The van der Waals surface area contributed by atoms with Gasteiger partial charge >= 0.3 is 0 Å². The number of amides is 2. The van der Waals surface area contributed by atoms with Gasteiger partial charge in [-0.25, -0.2) is 0 Å². The molecule has 0 aliphatic carbocycles. The first kappa shape index (κ1) is 20.3. The lowest BCUT2D eigenvalue weighted by molar-refractivity contribution is -0.160. The third-order valence-electron chi connectivity index (χ3n) is 6.66. The minimum atomic E-state index is -0.414. The average Bonchev–Trinajstić information content (AvgIpc) is 3.25. The Morgan fingerprint density at radius 1 is 0.970 bits per heavy atom. The van der Waals surface area contributed by atoms with Crippen LogP contribution >= 0.6 is 11.3 Å². The molecule has 0 spiro atoms. The summed E-state index contributed by atoms with van der Waals surface area (Å²) >= 11 is 1.69. The Hall–Kier alpha value is -3.29. The van der Waals surface area contributed by atoms with Crippen molar-refractivity contribution in [3.05, 3.63) is 77.3 Å². The highest BCUT2D eigenvalue weighted by molar-refractivity contribution is 7.19. The maximum Gasteiger partial charge on any atom is 0.247 e. The molecule has 4 aromatic rings. The minimum Gasteiger partial charge on any atom is -0.327 e. The van der Waals surface area contributed by atoms with Gasteiger partial charge in [-0.15, -0.1) is 11.3 Å². The van der Waals surface area contributed by atoms with Crippen LogP contribution in [-0.4, -0.2) is 63.7 Å². The third-order valence-corrected chi connectivity index (χ3v) is 7.77. The van der Waals surface area contributed by atoms with Crippen molar-refractivity contribution in [1.29, 1.82) is 0 Å². The Balaban J connectivity index is 1.20. The highest BCUT2D eigenvalue weighted by atomic mass is 32.1. The second-order valence-electron chi connectivity index (χ2n) is 8.77. The van der Waals surface area contributed by atoms with E-state index in [1.807, 2.05) is 36.5 Å². The van der Waals surface area contributed by atoms with Crippen LogP contribution in [0.15, 0.2) is 66.9 Å². The predicted octanol–water partition coefficient (Wildman–Crippen LogP) is 3.50. The lowest BCUT2D eigenvalue weighted by atomic mass is 10.0. The second-order valence-corrected chi connectivity index (χ2v) is 9.94. The molecule has 2 amide bonds. The van der Waals surface area contributed by atoms with Gasteiger partial charge < -0.3 is 9.80 Å². The second kappa shape index (κ2) is 8.24. The Morgan fingerprint density at radius 2 is 1.82 bits per heavy atom. The van der Waals surface area contributed by atoms with E-state index in [0.29, 0.717) is 19.6 Å². The SMILES string of the molecule is O=C1C2CN(Cc3ccnc4ccccc34)CCN2C(=O)CN1Cc1cc2ccccc2s1. The molecule has 1 unspecified atom stereocenters. The molecule has 2 fully saturated rings. The summed E-state index contributed by atoms with van der Waals surface area (Å²) in [7, 11) is 0. The molecule has 0 saturated carbocycles. The molecule has 6 rings (SSSR count). The molecule has 2 aliphatic heterocycles. The molecule has 2 aliphatic rings. The lowest BCUT2D eigenvalue weighted by Gasteiger charge is -2.46. The van der Waals surface area contributed by atoms with Crippen molar-refractivity contribution in [3.8, 4) is 0 Å². The largest absolute Gasteiger partial charge is 0.327 e. The zero-order valence-corrected chi connectivity index (χ0v) is 19.0. The summed E-state index contributed by atoms with van der Waals surface area (Å²) in [6.07, 6.45) is 1.84. The van der Waals surface area contributed by atoms with Gasteiger partial charge in [0.05, 0.1) is 12.1 Å². The van der Waals surface area contributed by atoms with Crippen molar-refractivity contribution < 1.29 is 9.59 Å². The van der Waals surface area contributed by atoms with Crippen molar-refractivity contribution >= 4 is 44.1 Å². The summed E-state index contributed by atoms with van der Waals surface area (Å²) in [5.74, 6) is 0.103. The molecule has 0 N–H and O–H groups in total. The Morgan fingerprint density at radius 3 is 2.73 bits per heavy atom. The van der Waals surface area contributed by atoms with Gasteiger partial charge in [-0.2, -0.15) is 0 Å². The first-order valence-electron chi connectivity index (χ1n) is 11.3. The quantitative estimate of drug-likeness (QED) is 0.472. The summed E-state index contributed by atoms with van der Waals surface area (Å²) < 4.78 is 1.21. The van der Waals surface area contributed by atoms with Crippen molar-refractivity contribution in [3.63, 3.8) is 0 Å². The number of hydrogen-bond donors (Lipinski definition) is 0. The number of nitrogens with zero attached hydrogens (tertiary/aromatic N) is 4. The fourth-order valence-electron chi connectivity index (χ4n) is 5.01. The minimum absolute atomic E-state index is 0.0507. The van der Waals surface area contributed by atoms with Crippen LogP contribution in [0.3, 0.4) is 0 Å². The first-order chi connectivity index (χ1) is 16.2. The number of fused-ring (bicyclic) bond motifs is 3. The Labute approximate surface area is 196 Å². The molecule has 33 heavy (non-hydrogen) atoms. The van der Waals surface area contributed by atoms with E-state index in [2.05, 4.69) is 40.2 Å². The molecule has 7 heteroatoms. The van der Waals surface area contributed by atoms with E-state index in [1.165, 1.54) is 15.6 Å². The average molecular weight is 457 g/mol. The van der Waals surface area contributed by atoms with E-state index in [9.17, 15) is 9.59 Å². The van der Waals surface area contributed by atoms with Gasteiger partial charge in [-0.05, 0) is 35.2 Å². The van der Waals surface area contributed by atoms with E-state index in [1.54, 1.807) is 21.1 Å². The van der Waals surface area contributed by atoms with Crippen molar-refractivity contribution in [1.82, 2.24) is 19.7 Å². The van der Waals surface area contributed by atoms with Crippen molar-refractivity contribution in [2.75, 3.05) is 26.2 Å². The number of piperazine rings is 2. The maximum absolute atomic E-state index is 13.4. The summed E-state index contributed by atoms with van der Waals surface area (Å²) in [4.78, 5) is 37.7. The number of benzene rings is 2. The van der Waals surface area contributed by atoms with Gasteiger partial charge in [0.25, 0.3) is 0 Å². The molecule has 2 aromatic carbocycles. The smallest absolute Gasteiger partial charge is 0.247 e. The summed E-state index contributed by atoms with van der Waals surface area (Å²) in [6, 6.07) is 20.1. The van der Waals surface area contributed by atoms with Gasteiger partial charge in [0.2, 0.25) is 11.8 Å². The zero-order chi connectivity index (χ0) is 22.4. The fraction of sp³-hybridized carbons (Fsp3) is 0.269. The molecule has 2 saturated heterocycles. The van der Waals surface area contributed by atoms with Gasteiger partial charge in [-0.3, -0.25) is 19.5 Å². The van der Waals surface area contributed by atoms with Gasteiger partial charge in [0.1, 0.15) is 12.6 Å². The van der Waals surface area contributed by atoms with E-state index in [0.717, 1.165) is 28.9 Å².